The molecule has 0 fully saturated rings. The molecule has 0 spiro atoms. The average molecular weight is 414 g/mol. The fourth-order valence-electron chi connectivity index (χ4n) is 3.05. The highest BCUT2D eigenvalue weighted by Gasteiger charge is 2.16. The summed E-state index contributed by atoms with van der Waals surface area (Å²) in [4.78, 5) is 7.82. The molecule has 7 nitrogen and oxygen atoms in total. The van der Waals surface area contributed by atoms with Crippen LogP contribution in [0, 0.1) is 0 Å². The molecule has 3 N–H and O–H groups in total. The standard InChI is InChI=1S/C21H27N5O2S/c1-22-21(23-13-12-17-15-24-20-7-5-4-6-19(17)20)25-14-16-8-10-18(11-9-16)29(27,28)26(2)3/h4-11,15,24H,12-14H2,1-3H3,(H2,22,23,25). The van der Waals surface area contributed by atoms with E-state index in [2.05, 4.69) is 32.7 Å². The number of aliphatic imine (C=N–C) groups is 1. The van der Waals surface area contributed by atoms with Crippen molar-refractivity contribution in [2.45, 2.75) is 17.9 Å². The fraction of sp³-hybridized carbons (Fsp3) is 0.286. The molecular weight excluding hydrogens is 386 g/mol. The lowest BCUT2D eigenvalue weighted by molar-refractivity contribution is 0.520. The van der Waals surface area contributed by atoms with E-state index in [9.17, 15) is 8.42 Å². The summed E-state index contributed by atoms with van der Waals surface area (Å²) in [5.74, 6) is 0.704. The zero-order valence-electron chi connectivity index (χ0n) is 16.9. The Hall–Kier alpha value is -2.84. The number of sulfonamides is 1. The second kappa shape index (κ2) is 9.11. The molecule has 29 heavy (non-hydrogen) atoms. The van der Waals surface area contributed by atoms with E-state index in [0.717, 1.165) is 24.0 Å². The van der Waals surface area contributed by atoms with Crippen LogP contribution in [0.25, 0.3) is 10.9 Å². The molecule has 0 unspecified atom stereocenters. The van der Waals surface area contributed by atoms with Gasteiger partial charge in [0.05, 0.1) is 4.90 Å². The third kappa shape index (κ3) is 4.96. The SMILES string of the molecule is CN=C(NCCc1c[nH]c2ccccc12)NCc1ccc(S(=O)(=O)N(C)C)cc1. The third-order valence-electron chi connectivity index (χ3n) is 4.75. The van der Waals surface area contributed by atoms with Gasteiger partial charge in [-0.1, -0.05) is 30.3 Å². The Bertz CT molecular complexity index is 1090. The predicted molar refractivity (Wildman–Crippen MR) is 118 cm³/mol. The Morgan fingerprint density at radius 2 is 1.79 bits per heavy atom. The van der Waals surface area contributed by atoms with Crippen LogP contribution >= 0.6 is 0 Å². The summed E-state index contributed by atoms with van der Waals surface area (Å²) in [6.07, 6.45) is 2.92. The summed E-state index contributed by atoms with van der Waals surface area (Å²) in [6.45, 7) is 1.30. The van der Waals surface area contributed by atoms with Crippen LogP contribution < -0.4 is 10.6 Å². The first-order valence-electron chi connectivity index (χ1n) is 9.43. The number of H-pyrrole nitrogens is 1. The quantitative estimate of drug-likeness (QED) is 0.410. The van der Waals surface area contributed by atoms with Crippen molar-refractivity contribution in [2.75, 3.05) is 27.7 Å². The van der Waals surface area contributed by atoms with Gasteiger partial charge in [0, 0.05) is 51.3 Å². The summed E-state index contributed by atoms with van der Waals surface area (Å²) >= 11 is 0. The number of guanidine groups is 1. The molecular formula is C21H27N5O2S. The number of nitrogens with one attached hydrogen (secondary N) is 3. The molecule has 0 amide bonds. The maximum absolute atomic E-state index is 12.1. The molecule has 1 heterocycles. The van der Waals surface area contributed by atoms with Gasteiger partial charge in [-0.2, -0.15) is 0 Å². The number of rotatable bonds is 7. The Morgan fingerprint density at radius 3 is 2.48 bits per heavy atom. The zero-order chi connectivity index (χ0) is 20.9. The molecule has 0 saturated carbocycles. The number of aromatic nitrogens is 1. The smallest absolute Gasteiger partial charge is 0.242 e. The Labute approximate surface area is 171 Å². The number of fused-ring (bicyclic) bond motifs is 1. The van der Waals surface area contributed by atoms with Crippen LogP contribution in [0.1, 0.15) is 11.1 Å². The van der Waals surface area contributed by atoms with E-state index < -0.39 is 10.0 Å². The van der Waals surface area contributed by atoms with Crippen molar-refractivity contribution >= 4 is 26.9 Å². The third-order valence-corrected chi connectivity index (χ3v) is 6.58. The van der Waals surface area contributed by atoms with Gasteiger partial charge in [0.15, 0.2) is 5.96 Å². The molecule has 0 aliphatic rings. The minimum Gasteiger partial charge on any atom is -0.361 e. The first-order chi connectivity index (χ1) is 13.9. The number of nitrogens with zero attached hydrogens (tertiary/aromatic N) is 2. The zero-order valence-corrected chi connectivity index (χ0v) is 17.8. The highest BCUT2D eigenvalue weighted by Crippen LogP contribution is 2.17. The molecule has 1 aromatic heterocycles. The Morgan fingerprint density at radius 1 is 1.07 bits per heavy atom. The molecule has 8 heteroatoms. The van der Waals surface area contributed by atoms with E-state index in [-0.39, 0.29) is 4.90 Å². The molecule has 2 aromatic carbocycles. The lowest BCUT2D eigenvalue weighted by Crippen LogP contribution is -2.37. The van der Waals surface area contributed by atoms with Gasteiger partial charge >= 0.3 is 0 Å². The predicted octanol–water partition coefficient (Wildman–Crippen LogP) is 2.33. The summed E-state index contributed by atoms with van der Waals surface area (Å²) in [7, 11) is 1.37. The van der Waals surface area contributed by atoms with Gasteiger partial charge in [0.25, 0.3) is 0 Å². The molecule has 0 aliphatic carbocycles. The van der Waals surface area contributed by atoms with Gasteiger partial charge < -0.3 is 15.6 Å². The van der Waals surface area contributed by atoms with Crippen molar-refractivity contribution in [3.63, 3.8) is 0 Å². The topological polar surface area (TPSA) is 89.6 Å². The molecule has 0 aliphatic heterocycles. The van der Waals surface area contributed by atoms with E-state index >= 15 is 0 Å². The fourth-order valence-corrected chi connectivity index (χ4v) is 3.95. The van der Waals surface area contributed by atoms with E-state index in [1.807, 2.05) is 30.5 Å². The van der Waals surface area contributed by atoms with Crippen LogP contribution in [0.4, 0.5) is 0 Å². The Kier molecular flexibility index (Phi) is 6.56. The van der Waals surface area contributed by atoms with E-state index in [1.165, 1.54) is 29.4 Å². The first-order valence-corrected chi connectivity index (χ1v) is 10.9. The Balaban J connectivity index is 1.52. The van der Waals surface area contributed by atoms with Crippen molar-refractivity contribution in [3.05, 3.63) is 65.9 Å². The lowest BCUT2D eigenvalue weighted by atomic mass is 10.1. The summed E-state index contributed by atoms with van der Waals surface area (Å²) < 4.78 is 25.5. The number of hydrogen-bond donors (Lipinski definition) is 3. The van der Waals surface area contributed by atoms with E-state index in [4.69, 9.17) is 0 Å². The maximum Gasteiger partial charge on any atom is 0.242 e. The average Bonchev–Trinajstić information content (AvgIpc) is 3.14. The first kappa shape index (κ1) is 20.9. The maximum atomic E-state index is 12.1. The second-order valence-electron chi connectivity index (χ2n) is 6.89. The largest absolute Gasteiger partial charge is 0.361 e. The number of hydrogen-bond acceptors (Lipinski definition) is 3. The van der Waals surface area contributed by atoms with Crippen LogP contribution in [0.2, 0.25) is 0 Å². The molecule has 0 bridgehead atoms. The van der Waals surface area contributed by atoms with Crippen LogP contribution in [-0.4, -0.2) is 51.4 Å². The summed E-state index contributed by atoms with van der Waals surface area (Å²) in [5, 5.41) is 7.81. The van der Waals surface area contributed by atoms with Gasteiger partial charge in [0.2, 0.25) is 10.0 Å². The van der Waals surface area contributed by atoms with Gasteiger partial charge in [0.1, 0.15) is 0 Å². The molecule has 0 radical (unpaired) electrons. The summed E-state index contributed by atoms with van der Waals surface area (Å²) in [6, 6.07) is 15.1. The van der Waals surface area contributed by atoms with Crippen LogP contribution in [0.15, 0.2) is 64.6 Å². The monoisotopic (exact) mass is 413 g/mol. The van der Waals surface area contributed by atoms with Gasteiger partial charge in [-0.15, -0.1) is 0 Å². The molecule has 3 aromatic rings. The second-order valence-corrected chi connectivity index (χ2v) is 9.05. The van der Waals surface area contributed by atoms with Crippen molar-refractivity contribution < 1.29 is 8.42 Å². The normalized spacial score (nSPS) is 12.5. The minimum absolute atomic E-state index is 0.285. The number of aromatic amines is 1. The molecule has 0 atom stereocenters. The van der Waals surface area contributed by atoms with Crippen molar-refractivity contribution in [2.24, 2.45) is 4.99 Å². The van der Waals surface area contributed by atoms with E-state index in [0.29, 0.717) is 12.5 Å². The van der Waals surface area contributed by atoms with Crippen molar-refractivity contribution in [1.29, 1.82) is 0 Å². The molecule has 154 valence electrons. The van der Waals surface area contributed by atoms with Crippen LogP contribution in [0.5, 0.6) is 0 Å². The van der Waals surface area contributed by atoms with Crippen LogP contribution in [-0.2, 0) is 23.0 Å². The highest BCUT2D eigenvalue weighted by molar-refractivity contribution is 7.89. The van der Waals surface area contributed by atoms with Crippen molar-refractivity contribution in [1.82, 2.24) is 19.9 Å². The van der Waals surface area contributed by atoms with Crippen molar-refractivity contribution in [3.8, 4) is 0 Å². The highest BCUT2D eigenvalue weighted by atomic mass is 32.2. The van der Waals surface area contributed by atoms with Crippen LogP contribution in [0.3, 0.4) is 0 Å². The van der Waals surface area contributed by atoms with Gasteiger partial charge in [-0.25, -0.2) is 12.7 Å². The molecule has 3 rings (SSSR count). The van der Waals surface area contributed by atoms with E-state index in [1.54, 1.807) is 19.2 Å². The van der Waals surface area contributed by atoms with Gasteiger partial charge in [-0.05, 0) is 35.7 Å². The molecule has 0 saturated heterocycles. The van der Waals surface area contributed by atoms with Gasteiger partial charge in [-0.3, -0.25) is 4.99 Å². The minimum atomic E-state index is -3.40. The number of benzene rings is 2. The lowest BCUT2D eigenvalue weighted by Gasteiger charge is -2.13. The summed E-state index contributed by atoms with van der Waals surface area (Å²) in [5.41, 5.74) is 3.38. The number of para-hydroxylation sites is 1.